The van der Waals surface area contributed by atoms with Gasteiger partial charge in [-0.2, -0.15) is 13.2 Å². The fourth-order valence-corrected chi connectivity index (χ4v) is 4.00. The first-order chi connectivity index (χ1) is 10.6. The van der Waals surface area contributed by atoms with Gasteiger partial charge in [-0.15, -0.1) is 0 Å². The molecule has 3 nitrogen and oxygen atoms in total. The highest BCUT2D eigenvalue weighted by Gasteiger charge is 2.65. The topological polar surface area (TPSA) is 46.2 Å². The van der Waals surface area contributed by atoms with Crippen LogP contribution in [0.4, 0.5) is 18.9 Å². The van der Waals surface area contributed by atoms with Gasteiger partial charge in [0.1, 0.15) is 5.41 Å². The maximum absolute atomic E-state index is 12.8. The van der Waals surface area contributed by atoms with Crippen LogP contribution in [-0.2, 0) is 15.8 Å². The van der Waals surface area contributed by atoms with Crippen molar-refractivity contribution in [1.29, 1.82) is 0 Å². The predicted molar refractivity (Wildman–Crippen MR) is 78.6 cm³/mol. The van der Waals surface area contributed by atoms with Crippen molar-refractivity contribution in [2.45, 2.75) is 39.3 Å². The van der Waals surface area contributed by atoms with Gasteiger partial charge in [0.15, 0.2) is 5.78 Å². The first kappa shape index (κ1) is 16.0. The molecule has 6 heteroatoms. The van der Waals surface area contributed by atoms with E-state index in [-0.39, 0.29) is 17.4 Å². The standard InChI is InChI=1S/C17H18F3NO2/c1-15(2)11-6-7-16(9-11,13(15)22)14(23)21-12-5-3-4-10(8-12)17(18,19)20/h3-5,8,11H,6-7,9H2,1-2H3,(H,21,23)/t11-,16+/m0/s1. The molecule has 1 aromatic rings. The summed E-state index contributed by atoms with van der Waals surface area (Å²) in [5.74, 6) is -0.400. The lowest BCUT2D eigenvalue weighted by molar-refractivity contribution is -0.143. The molecule has 23 heavy (non-hydrogen) atoms. The van der Waals surface area contributed by atoms with Crippen LogP contribution in [-0.4, -0.2) is 11.7 Å². The monoisotopic (exact) mass is 325 g/mol. The number of Topliss-reactive ketones (excluding diaryl/α,β-unsaturated/α-hetero) is 1. The van der Waals surface area contributed by atoms with E-state index in [9.17, 15) is 22.8 Å². The lowest BCUT2D eigenvalue weighted by Crippen LogP contribution is -2.44. The van der Waals surface area contributed by atoms with E-state index in [1.54, 1.807) is 0 Å². The number of alkyl halides is 3. The van der Waals surface area contributed by atoms with Gasteiger partial charge in [-0.3, -0.25) is 9.59 Å². The van der Waals surface area contributed by atoms with Gasteiger partial charge in [0.25, 0.3) is 0 Å². The number of carbonyl (C=O) groups excluding carboxylic acids is 2. The van der Waals surface area contributed by atoms with E-state index in [2.05, 4.69) is 5.32 Å². The Labute approximate surface area is 132 Å². The zero-order valence-electron chi connectivity index (χ0n) is 13.0. The number of hydrogen-bond acceptors (Lipinski definition) is 2. The summed E-state index contributed by atoms with van der Waals surface area (Å²) in [4.78, 5) is 25.3. The molecule has 124 valence electrons. The van der Waals surface area contributed by atoms with Crippen LogP contribution in [0.15, 0.2) is 24.3 Å². The molecular weight excluding hydrogens is 307 g/mol. The summed E-state index contributed by atoms with van der Waals surface area (Å²) in [6.07, 6.45) is -2.70. The minimum absolute atomic E-state index is 0.0696. The zero-order chi connectivity index (χ0) is 17.0. The highest BCUT2D eigenvalue weighted by Crippen LogP contribution is 2.60. The van der Waals surface area contributed by atoms with Crippen molar-refractivity contribution in [3.05, 3.63) is 29.8 Å². The smallest absolute Gasteiger partial charge is 0.325 e. The highest BCUT2D eigenvalue weighted by atomic mass is 19.4. The molecule has 1 aromatic carbocycles. The Hall–Kier alpha value is -1.85. The number of benzene rings is 1. The highest BCUT2D eigenvalue weighted by molar-refractivity contribution is 6.15. The molecule has 0 unspecified atom stereocenters. The average Bonchev–Trinajstić information content (AvgIpc) is 2.99. The second-order valence-corrected chi connectivity index (χ2v) is 7.11. The van der Waals surface area contributed by atoms with Crippen molar-refractivity contribution < 1.29 is 22.8 Å². The third kappa shape index (κ3) is 2.35. The van der Waals surface area contributed by atoms with E-state index < -0.39 is 28.5 Å². The molecule has 2 fully saturated rings. The van der Waals surface area contributed by atoms with Crippen LogP contribution in [0.2, 0.25) is 0 Å². The average molecular weight is 325 g/mol. The minimum atomic E-state index is -4.47. The Kier molecular flexibility index (Phi) is 3.36. The molecule has 2 aliphatic rings. The van der Waals surface area contributed by atoms with Crippen LogP contribution in [0.1, 0.15) is 38.7 Å². The van der Waals surface area contributed by atoms with Gasteiger partial charge in [-0.05, 0) is 43.4 Å². The predicted octanol–water partition coefficient (Wildman–Crippen LogP) is 4.04. The van der Waals surface area contributed by atoms with Gasteiger partial charge in [0.05, 0.1) is 5.56 Å². The number of rotatable bonds is 2. The minimum Gasteiger partial charge on any atom is -0.325 e. The van der Waals surface area contributed by atoms with E-state index in [0.29, 0.717) is 12.8 Å². The zero-order valence-corrected chi connectivity index (χ0v) is 13.0. The molecule has 2 aliphatic carbocycles. The van der Waals surface area contributed by atoms with E-state index in [1.165, 1.54) is 12.1 Å². The molecule has 0 spiro atoms. The molecule has 0 aliphatic heterocycles. The number of ketones is 1. The number of carbonyl (C=O) groups is 2. The molecular formula is C17H18F3NO2. The Morgan fingerprint density at radius 3 is 2.57 bits per heavy atom. The van der Waals surface area contributed by atoms with Crippen LogP contribution in [0, 0.1) is 16.7 Å². The fraction of sp³-hybridized carbons (Fsp3) is 0.529. The largest absolute Gasteiger partial charge is 0.416 e. The molecule has 2 atom stereocenters. The summed E-state index contributed by atoms with van der Waals surface area (Å²) in [6, 6.07) is 4.49. The van der Waals surface area contributed by atoms with E-state index >= 15 is 0 Å². The van der Waals surface area contributed by atoms with Crippen molar-refractivity contribution in [1.82, 2.24) is 0 Å². The van der Waals surface area contributed by atoms with E-state index in [4.69, 9.17) is 0 Å². The number of hydrogen-bond donors (Lipinski definition) is 1. The second-order valence-electron chi connectivity index (χ2n) is 7.11. The Morgan fingerprint density at radius 2 is 2.00 bits per heavy atom. The summed E-state index contributed by atoms with van der Waals surface area (Å²) in [5, 5.41) is 2.52. The number of amides is 1. The first-order valence-electron chi connectivity index (χ1n) is 7.61. The summed E-state index contributed by atoms with van der Waals surface area (Å²) in [5.41, 5.74) is -2.37. The third-order valence-corrected chi connectivity index (χ3v) is 5.44. The third-order valence-electron chi connectivity index (χ3n) is 5.44. The molecule has 3 rings (SSSR count). The summed E-state index contributed by atoms with van der Waals surface area (Å²) in [7, 11) is 0. The summed E-state index contributed by atoms with van der Waals surface area (Å²) < 4.78 is 38.3. The molecule has 0 heterocycles. The normalized spacial score (nSPS) is 28.9. The Morgan fingerprint density at radius 1 is 1.30 bits per heavy atom. The molecule has 0 radical (unpaired) electrons. The lowest BCUT2D eigenvalue weighted by Gasteiger charge is -2.32. The fourth-order valence-electron chi connectivity index (χ4n) is 4.00. The maximum Gasteiger partial charge on any atom is 0.416 e. The van der Waals surface area contributed by atoms with Gasteiger partial charge in [0, 0.05) is 11.1 Å². The number of nitrogens with one attached hydrogen (secondary N) is 1. The van der Waals surface area contributed by atoms with Crippen molar-refractivity contribution in [3.8, 4) is 0 Å². The molecule has 1 amide bonds. The first-order valence-corrected chi connectivity index (χ1v) is 7.61. The molecule has 1 N–H and O–H groups in total. The van der Waals surface area contributed by atoms with Crippen LogP contribution in [0.5, 0.6) is 0 Å². The van der Waals surface area contributed by atoms with Crippen LogP contribution >= 0.6 is 0 Å². The number of anilines is 1. The molecule has 0 aromatic heterocycles. The van der Waals surface area contributed by atoms with Gasteiger partial charge in [-0.25, -0.2) is 0 Å². The molecule has 0 saturated heterocycles. The van der Waals surface area contributed by atoms with Gasteiger partial charge < -0.3 is 5.32 Å². The van der Waals surface area contributed by atoms with E-state index in [0.717, 1.165) is 18.6 Å². The molecule has 2 bridgehead atoms. The van der Waals surface area contributed by atoms with Crippen LogP contribution < -0.4 is 5.32 Å². The van der Waals surface area contributed by atoms with Gasteiger partial charge >= 0.3 is 6.18 Å². The summed E-state index contributed by atoms with van der Waals surface area (Å²) >= 11 is 0. The van der Waals surface area contributed by atoms with Crippen molar-refractivity contribution in [2.75, 3.05) is 5.32 Å². The van der Waals surface area contributed by atoms with Gasteiger partial charge in [0.2, 0.25) is 5.91 Å². The molecule has 2 saturated carbocycles. The van der Waals surface area contributed by atoms with Crippen LogP contribution in [0.3, 0.4) is 0 Å². The van der Waals surface area contributed by atoms with Crippen molar-refractivity contribution in [2.24, 2.45) is 16.7 Å². The summed E-state index contributed by atoms with van der Waals surface area (Å²) in [6.45, 7) is 3.69. The van der Waals surface area contributed by atoms with Crippen molar-refractivity contribution >= 4 is 17.4 Å². The van der Waals surface area contributed by atoms with Gasteiger partial charge in [-0.1, -0.05) is 19.9 Å². The second kappa shape index (κ2) is 4.82. The van der Waals surface area contributed by atoms with E-state index in [1.807, 2.05) is 13.8 Å². The maximum atomic E-state index is 12.8. The van der Waals surface area contributed by atoms with Crippen molar-refractivity contribution in [3.63, 3.8) is 0 Å². The number of halogens is 3. The van der Waals surface area contributed by atoms with Crippen LogP contribution in [0.25, 0.3) is 0 Å². The Balaban J connectivity index is 1.85. The lowest BCUT2D eigenvalue weighted by atomic mass is 9.70. The Bertz CT molecular complexity index is 681. The number of fused-ring (bicyclic) bond motifs is 2. The quantitative estimate of drug-likeness (QED) is 0.834. The SMILES string of the molecule is CC1(C)C(=O)[C@@]2(C(=O)Nc3cccc(C(F)(F)F)c3)CC[C@H]1C2.